The van der Waals surface area contributed by atoms with E-state index in [2.05, 4.69) is 10.3 Å². The van der Waals surface area contributed by atoms with Gasteiger partial charge < -0.3 is 10.1 Å². The van der Waals surface area contributed by atoms with Crippen LogP contribution in [0.15, 0.2) is 42.6 Å². The molecule has 5 nitrogen and oxygen atoms in total. The molecule has 1 heterocycles. The van der Waals surface area contributed by atoms with Crippen LogP contribution < -0.4 is 10.1 Å². The number of aromatic nitrogens is 1. The molecule has 1 N–H and O–H groups in total. The predicted molar refractivity (Wildman–Crippen MR) is 74.5 cm³/mol. The first kappa shape index (κ1) is 13.8. The van der Waals surface area contributed by atoms with E-state index in [4.69, 9.17) is 21.6 Å². The molecule has 0 aliphatic rings. The minimum atomic E-state index is -0.343. The van der Waals surface area contributed by atoms with E-state index >= 15 is 0 Å². The van der Waals surface area contributed by atoms with E-state index in [0.717, 1.165) is 0 Å². The summed E-state index contributed by atoms with van der Waals surface area (Å²) >= 11 is 5.82. The van der Waals surface area contributed by atoms with Crippen LogP contribution in [0.4, 0.5) is 5.69 Å². The Morgan fingerprint density at radius 3 is 2.75 bits per heavy atom. The first-order valence-electron chi connectivity index (χ1n) is 5.72. The minimum Gasteiger partial charge on any atom is -0.484 e. The number of halogens is 1. The summed E-state index contributed by atoms with van der Waals surface area (Å²) in [5, 5.41) is 11.5. The van der Waals surface area contributed by atoms with Gasteiger partial charge in [-0.05, 0) is 36.4 Å². The van der Waals surface area contributed by atoms with Crippen molar-refractivity contribution in [1.82, 2.24) is 4.98 Å². The van der Waals surface area contributed by atoms with Crippen LogP contribution in [0.2, 0.25) is 5.15 Å². The molecule has 0 atom stereocenters. The summed E-state index contributed by atoms with van der Waals surface area (Å²) in [5.41, 5.74) is 0.964. The maximum atomic E-state index is 11.7. The molecule has 100 valence electrons. The van der Waals surface area contributed by atoms with Gasteiger partial charge in [-0.25, -0.2) is 4.98 Å². The molecule has 0 bridgehead atoms. The van der Waals surface area contributed by atoms with Crippen LogP contribution in [-0.2, 0) is 4.79 Å². The third-order valence-electron chi connectivity index (χ3n) is 2.39. The molecule has 0 saturated heterocycles. The fourth-order valence-corrected chi connectivity index (χ4v) is 1.61. The maximum Gasteiger partial charge on any atom is 0.262 e. The zero-order valence-electron chi connectivity index (χ0n) is 10.3. The Hall–Kier alpha value is -2.58. The molecule has 1 aromatic heterocycles. The summed E-state index contributed by atoms with van der Waals surface area (Å²) in [6.45, 7) is -0.156. The van der Waals surface area contributed by atoms with Gasteiger partial charge in [-0.2, -0.15) is 5.26 Å². The molecule has 20 heavy (non-hydrogen) atoms. The van der Waals surface area contributed by atoms with Gasteiger partial charge in [-0.3, -0.25) is 4.79 Å². The van der Waals surface area contributed by atoms with E-state index in [0.29, 0.717) is 17.0 Å². The Morgan fingerprint density at radius 2 is 2.10 bits per heavy atom. The van der Waals surface area contributed by atoms with Crippen molar-refractivity contribution in [3.05, 3.63) is 53.3 Å². The van der Waals surface area contributed by atoms with Gasteiger partial charge in [0.15, 0.2) is 11.8 Å². The van der Waals surface area contributed by atoms with E-state index < -0.39 is 0 Å². The minimum absolute atomic E-state index is 0.156. The molecular formula is C14H10ClN3O2. The molecule has 6 heteroatoms. The number of rotatable bonds is 4. The predicted octanol–water partition coefficient (Wildman–Crippen LogP) is 2.62. The molecule has 2 rings (SSSR count). The number of amides is 1. The van der Waals surface area contributed by atoms with E-state index in [-0.39, 0.29) is 17.7 Å². The van der Waals surface area contributed by atoms with Crippen LogP contribution >= 0.6 is 11.6 Å². The van der Waals surface area contributed by atoms with Crippen LogP contribution in [0, 0.1) is 11.3 Å². The third kappa shape index (κ3) is 3.70. The van der Waals surface area contributed by atoms with E-state index in [1.807, 2.05) is 6.07 Å². The molecule has 0 radical (unpaired) electrons. The molecule has 0 unspecified atom stereocenters. The number of ether oxygens (including phenoxy) is 1. The number of nitriles is 1. The number of benzene rings is 1. The second kappa shape index (κ2) is 6.55. The van der Waals surface area contributed by atoms with Gasteiger partial charge in [0.2, 0.25) is 0 Å². The number of nitrogens with one attached hydrogen (secondary N) is 1. The van der Waals surface area contributed by atoms with Crippen molar-refractivity contribution in [3.8, 4) is 11.8 Å². The third-order valence-corrected chi connectivity index (χ3v) is 2.69. The van der Waals surface area contributed by atoms with Gasteiger partial charge in [0.05, 0.1) is 17.3 Å². The van der Waals surface area contributed by atoms with Crippen LogP contribution in [0.1, 0.15) is 5.56 Å². The van der Waals surface area contributed by atoms with Crippen LogP contribution in [0.25, 0.3) is 0 Å². The Balaban J connectivity index is 1.89. The highest BCUT2D eigenvalue weighted by Gasteiger charge is 2.06. The topological polar surface area (TPSA) is 75.0 Å². The summed E-state index contributed by atoms with van der Waals surface area (Å²) in [6.07, 6.45) is 1.53. The Labute approximate surface area is 120 Å². The normalized spacial score (nSPS) is 9.60. The smallest absolute Gasteiger partial charge is 0.262 e. The van der Waals surface area contributed by atoms with Gasteiger partial charge in [-0.15, -0.1) is 0 Å². The maximum absolute atomic E-state index is 11.7. The van der Waals surface area contributed by atoms with Crippen molar-refractivity contribution in [1.29, 1.82) is 5.26 Å². The molecule has 0 aliphatic heterocycles. The average Bonchev–Trinajstić information content (AvgIpc) is 2.48. The first-order chi connectivity index (χ1) is 9.69. The summed E-state index contributed by atoms with van der Waals surface area (Å²) in [5.74, 6) is 0.167. The van der Waals surface area contributed by atoms with Crippen molar-refractivity contribution in [2.75, 3.05) is 11.9 Å². The highest BCUT2D eigenvalue weighted by molar-refractivity contribution is 6.32. The molecule has 0 fully saturated rings. The number of hydrogen-bond donors (Lipinski definition) is 1. The van der Waals surface area contributed by atoms with Crippen molar-refractivity contribution >= 4 is 23.2 Å². The van der Waals surface area contributed by atoms with Crippen molar-refractivity contribution in [2.24, 2.45) is 0 Å². The summed E-state index contributed by atoms with van der Waals surface area (Å²) in [4.78, 5) is 15.5. The van der Waals surface area contributed by atoms with E-state index in [9.17, 15) is 4.79 Å². The van der Waals surface area contributed by atoms with Crippen molar-refractivity contribution in [2.45, 2.75) is 0 Å². The fraction of sp³-hybridized carbons (Fsp3) is 0.0714. The fourth-order valence-electron chi connectivity index (χ4n) is 1.44. The zero-order chi connectivity index (χ0) is 14.4. The van der Waals surface area contributed by atoms with Crippen molar-refractivity contribution < 1.29 is 9.53 Å². The summed E-state index contributed by atoms with van der Waals surface area (Å²) in [7, 11) is 0. The average molecular weight is 288 g/mol. The lowest BCUT2D eigenvalue weighted by molar-refractivity contribution is -0.118. The number of nitrogens with zero attached hydrogens (tertiary/aromatic N) is 2. The first-order valence-corrected chi connectivity index (χ1v) is 6.10. The molecule has 2 aromatic rings. The monoisotopic (exact) mass is 287 g/mol. The zero-order valence-corrected chi connectivity index (χ0v) is 11.1. The largest absolute Gasteiger partial charge is 0.484 e. The Bertz CT molecular complexity index is 650. The highest BCUT2D eigenvalue weighted by atomic mass is 35.5. The van der Waals surface area contributed by atoms with Gasteiger partial charge in [-0.1, -0.05) is 11.6 Å². The number of carbonyl (C=O) groups is 1. The van der Waals surface area contributed by atoms with Gasteiger partial charge in [0.1, 0.15) is 5.75 Å². The van der Waals surface area contributed by atoms with Crippen molar-refractivity contribution in [3.63, 3.8) is 0 Å². The quantitative estimate of drug-likeness (QED) is 0.877. The van der Waals surface area contributed by atoms with E-state index in [1.54, 1.807) is 36.4 Å². The molecule has 1 aromatic carbocycles. The van der Waals surface area contributed by atoms with Gasteiger partial charge >= 0.3 is 0 Å². The molecule has 1 amide bonds. The second-order valence-electron chi connectivity index (χ2n) is 3.81. The second-order valence-corrected chi connectivity index (χ2v) is 4.17. The Kier molecular flexibility index (Phi) is 4.53. The standard InChI is InChI=1S/C14H10ClN3O2/c15-14-12(2-1-7-17-14)18-13(19)9-20-11-5-3-10(8-16)4-6-11/h1-7H,9H2,(H,18,19). The molecule has 0 spiro atoms. The highest BCUT2D eigenvalue weighted by Crippen LogP contribution is 2.17. The lowest BCUT2D eigenvalue weighted by atomic mass is 10.2. The van der Waals surface area contributed by atoms with Gasteiger partial charge in [0, 0.05) is 6.20 Å². The van der Waals surface area contributed by atoms with Gasteiger partial charge in [0.25, 0.3) is 5.91 Å². The van der Waals surface area contributed by atoms with Crippen LogP contribution in [0.5, 0.6) is 5.75 Å². The SMILES string of the molecule is N#Cc1ccc(OCC(=O)Nc2cccnc2Cl)cc1. The Morgan fingerprint density at radius 1 is 1.35 bits per heavy atom. The molecule has 0 saturated carbocycles. The number of hydrogen-bond acceptors (Lipinski definition) is 4. The molecule has 0 aliphatic carbocycles. The lowest BCUT2D eigenvalue weighted by Crippen LogP contribution is -2.20. The van der Waals surface area contributed by atoms with Crippen LogP contribution in [0.3, 0.4) is 0 Å². The van der Waals surface area contributed by atoms with E-state index in [1.165, 1.54) is 6.20 Å². The number of anilines is 1. The summed E-state index contributed by atoms with van der Waals surface area (Å²) < 4.78 is 5.29. The lowest BCUT2D eigenvalue weighted by Gasteiger charge is -2.08. The summed E-state index contributed by atoms with van der Waals surface area (Å²) in [6, 6.07) is 11.8. The number of carbonyl (C=O) groups excluding carboxylic acids is 1. The molecular weight excluding hydrogens is 278 g/mol. The van der Waals surface area contributed by atoms with Crippen LogP contribution in [-0.4, -0.2) is 17.5 Å². The number of pyridine rings is 1.